The molecule has 7 heteroatoms. The lowest BCUT2D eigenvalue weighted by Crippen LogP contribution is -2.41. The number of aromatic nitrogens is 2. The average molecular weight is 433 g/mol. The maximum atomic E-state index is 12.9. The number of nitrogens with one attached hydrogen (secondary N) is 1. The number of aryl methyl sites for hydroxylation is 1. The maximum absolute atomic E-state index is 12.9. The Hall–Kier alpha value is -3.61. The van der Waals surface area contributed by atoms with E-state index >= 15 is 0 Å². The molecule has 1 amide bonds. The normalized spacial score (nSPS) is 15.8. The number of anilines is 2. The van der Waals surface area contributed by atoms with Crippen molar-refractivity contribution in [3.8, 4) is 22.6 Å². The van der Waals surface area contributed by atoms with E-state index in [-0.39, 0.29) is 11.8 Å². The lowest BCUT2D eigenvalue weighted by atomic mass is 9.97. The smallest absolute Gasteiger partial charge is 0.229 e. The molecule has 1 aliphatic heterocycles. The average Bonchev–Trinajstić information content (AvgIpc) is 2.84. The fraction of sp³-hybridized carbons (Fsp3) is 0.320. The number of amides is 1. The Labute approximate surface area is 188 Å². The van der Waals surface area contributed by atoms with Crippen molar-refractivity contribution < 1.29 is 14.3 Å². The van der Waals surface area contributed by atoms with Crippen molar-refractivity contribution in [1.82, 2.24) is 9.97 Å². The number of nitrogens with zero attached hydrogens (tertiary/aromatic N) is 3. The predicted octanol–water partition coefficient (Wildman–Crippen LogP) is 4.32. The highest BCUT2D eigenvalue weighted by Crippen LogP contribution is 2.30. The minimum atomic E-state index is -0.141. The van der Waals surface area contributed by atoms with Gasteiger partial charge >= 0.3 is 0 Å². The summed E-state index contributed by atoms with van der Waals surface area (Å²) in [5, 5.41) is 3.00. The summed E-state index contributed by atoms with van der Waals surface area (Å²) in [5.74, 6) is 1.71. The second kappa shape index (κ2) is 9.68. The van der Waals surface area contributed by atoms with Crippen molar-refractivity contribution in [1.29, 1.82) is 0 Å². The van der Waals surface area contributed by atoms with Gasteiger partial charge in [0.15, 0.2) is 11.5 Å². The van der Waals surface area contributed by atoms with Crippen LogP contribution in [0, 0.1) is 12.8 Å². The Kier molecular flexibility index (Phi) is 6.54. The Morgan fingerprint density at radius 3 is 2.41 bits per heavy atom. The van der Waals surface area contributed by atoms with Gasteiger partial charge in [-0.1, -0.05) is 29.8 Å². The van der Waals surface area contributed by atoms with Crippen molar-refractivity contribution in [2.24, 2.45) is 5.92 Å². The molecule has 2 heterocycles. The molecule has 0 saturated carbocycles. The molecule has 0 aliphatic carbocycles. The molecule has 1 aromatic heterocycles. The molecule has 0 unspecified atom stereocenters. The van der Waals surface area contributed by atoms with Crippen LogP contribution in [0.1, 0.15) is 18.4 Å². The van der Waals surface area contributed by atoms with Crippen molar-refractivity contribution in [2.75, 3.05) is 37.5 Å². The molecule has 3 aromatic rings. The highest BCUT2D eigenvalue weighted by Gasteiger charge is 2.27. The Morgan fingerprint density at radius 1 is 1.00 bits per heavy atom. The quantitative estimate of drug-likeness (QED) is 0.625. The SMILES string of the molecule is COc1ccc(NC(=O)[C@@H]2CCCN(c3ncc(-c4ccc(C)cc4)cn3)C2)cc1OC. The molecule has 4 rings (SSSR count). The minimum absolute atomic E-state index is 0.0156. The number of ether oxygens (including phenoxy) is 2. The van der Waals surface area contributed by atoms with E-state index in [1.165, 1.54) is 5.56 Å². The number of methoxy groups -OCH3 is 2. The maximum Gasteiger partial charge on any atom is 0.229 e. The predicted molar refractivity (Wildman–Crippen MR) is 125 cm³/mol. The van der Waals surface area contributed by atoms with Crippen LogP contribution in [0.2, 0.25) is 0 Å². The van der Waals surface area contributed by atoms with Crippen LogP contribution < -0.4 is 19.7 Å². The Bertz CT molecular complexity index is 1070. The van der Waals surface area contributed by atoms with E-state index in [9.17, 15) is 4.79 Å². The molecule has 1 saturated heterocycles. The van der Waals surface area contributed by atoms with Crippen molar-refractivity contribution >= 4 is 17.5 Å². The number of carbonyl (C=O) groups excluding carboxylic acids is 1. The summed E-state index contributed by atoms with van der Waals surface area (Å²) < 4.78 is 10.6. The largest absolute Gasteiger partial charge is 0.493 e. The van der Waals surface area contributed by atoms with Crippen molar-refractivity contribution in [2.45, 2.75) is 19.8 Å². The van der Waals surface area contributed by atoms with Crippen LogP contribution in [0.15, 0.2) is 54.9 Å². The molecule has 1 N–H and O–H groups in total. The van der Waals surface area contributed by atoms with Crippen LogP contribution in [-0.4, -0.2) is 43.2 Å². The van der Waals surface area contributed by atoms with Crippen molar-refractivity contribution in [3.05, 3.63) is 60.4 Å². The fourth-order valence-corrected chi connectivity index (χ4v) is 3.91. The van der Waals surface area contributed by atoms with E-state index < -0.39 is 0 Å². The summed E-state index contributed by atoms with van der Waals surface area (Å²) in [6.45, 7) is 3.49. The molecule has 2 aromatic carbocycles. The second-order valence-corrected chi connectivity index (χ2v) is 7.98. The molecule has 1 aliphatic rings. The zero-order chi connectivity index (χ0) is 22.5. The van der Waals surface area contributed by atoms with Gasteiger partial charge in [0.1, 0.15) is 0 Å². The van der Waals surface area contributed by atoms with Gasteiger partial charge in [-0.25, -0.2) is 9.97 Å². The lowest BCUT2D eigenvalue weighted by Gasteiger charge is -2.32. The van der Waals surface area contributed by atoms with Gasteiger partial charge in [0.2, 0.25) is 11.9 Å². The van der Waals surface area contributed by atoms with Gasteiger partial charge in [-0.05, 0) is 37.5 Å². The molecular weight excluding hydrogens is 404 g/mol. The first-order valence-electron chi connectivity index (χ1n) is 10.7. The standard InChI is InChI=1S/C25H28N4O3/c1-17-6-8-18(9-7-17)20-14-26-25(27-15-20)29-12-4-5-19(16-29)24(30)28-21-10-11-22(31-2)23(13-21)32-3/h6-11,13-15,19H,4-5,12,16H2,1-3H3,(H,28,30)/t19-/m1/s1. The summed E-state index contributed by atoms with van der Waals surface area (Å²) in [5.41, 5.74) is 3.97. The van der Waals surface area contributed by atoms with Crippen LogP contribution in [0.5, 0.6) is 11.5 Å². The van der Waals surface area contributed by atoms with Crippen LogP contribution >= 0.6 is 0 Å². The summed E-state index contributed by atoms with van der Waals surface area (Å²) in [4.78, 5) is 24.1. The van der Waals surface area contributed by atoms with Crippen LogP contribution in [-0.2, 0) is 4.79 Å². The highest BCUT2D eigenvalue weighted by molar-refractivity contribution is 5.93. The third-order valence-electron chi connectivity index (χ3n) is 5.75. The zero-order valence-electron chi connectivity index (χ0n) is 18.7. The van der Waals surface area contributed by atoms with Gasteiger partial charge in [0.05, 0.1) is 20.1 Å². The third-order valence-corrected chi connectivity index (χ3v) is 5.75. The van der Waals surface area contributed by atoms with Gasteiger partial charge in [-0.2, -0.15) is 0 Å². The number of piperidine rings is 1. The first-order valence-corrected chi connectivity index (χ1v) is 10.7. The summed E-state index contributed by atoms with van der Waals surface area (Å²) in [6.07, 6.45) is 5.44. The molecule has 7 nitrogen and oxygen atoms in total. The van der Waals surface area contributed by atoms with E-state index in [0.29, 0.717) is 29.7 Å². The third kappa shape index (κ3) is 4.82. The highest BCUT2D eigenvalue weighted by atomic mass is 16.5. The summed E-state index contributed by atoms with van der Waals surface area (Å²) >= 11 is 0. The monoisotopic (exact) mass is 432 g/mol. The molecule has 32 heavy (non-hydrogen) atoms. The number of rotatable bonds is 6. The van der Waals surface area contributed by atoms with Gasteiger partial charge in [0, 0.05) is 42.8 Å². The van der Waals surface area contributed by atoms with Gasteiger partial charge < -0.3 is 19.7 Å². The minimum Gasteiger partial charge on any atom is -0.493 e. The van der Waals surface area contributed by atoms with E-state index in [1.807, 2.05) is 18.5 Å². The number of carbonyl (C=O) groups is 1. The van der Waals surface area contributed by atoms with Crippen LogP contribution in [0.4, 0.5) is 11.6 Å². The van der Waals surface area contributed by atoms with Gasteiger partial charge in [0.25, 0.3) is 0 Å². The Morgan fingerprint density at radius 2 is 1.72 bits per heavy atom. The molecule has 1 atom stereocenters. The molecule has 0 spiro atoms. The second-order valence-electron chi connectivity index (χ2n) is 7.98. The Balaban J connectivity index is 1.41. The first kappa shape index (κ1) is 21.6. The molecule has 0 bridgehead atoms. The fourth-order valence-electron chi connectivity index (χ4n) is 3.91. The summed E-state index contributed by atoms with van der Waals surface area (Å²) in [7, 11) is 3.16. The van der Waals surface area contributed by atoms with E-state index in [2.05, 4.69) is 51.4 Å². The lowest BCUT2D eigenvalue weighted by molar-refractivity contribution is -0.120. The van der Waals surface area contributed by atoms with Crippen LogP contribution in [0.3, 0.4) is 0 Å². The number of hydrogen-bond donors (Lipinski definition) is 1. The van der Waals surface area contributed by atoms with Crippen molar-refractivity contribution in [3.63, 3.8) is 0 Å². The topological polar surface area (TPSA) is 76.6 Å². The number of hydrogen-bond acceptors (Lipinski definition) is 6. The van der Waals surface area contributed by atoms with E-state index in [0.717, 1.165) is 30.5 Å². The summed E-state index contributed by atoms with van der Waals surface area (Å²) in [6, 6.07) is 13.7. The zero-order valence-corrected chi connectivity index (χ0v) is 18.7. The molecule has 0 radical (unpaired) electrons. The molecule has 1 fully saturated rings. The van der Waals surface area contributed by atoms with Crippen LogP contribution in [0.25, 0.3) is 11.1 Å². The van der Waals surface area contributed by atoms with Gasteiger partial charge in [-0.15, -0.1) is 0 Å². The first-order chi connectivity index (χ1) is 15.6. The van der Waals surface area contributed by atoms with E-state index in [1.54, 1.807) is 26.4 Å². The van der Waals surface area contributed by atoms with E-state index in [4.69, 9.17) is 9.47 Å². The number of benzene rings is 2. The molecule has 166 valence electrons. The van der Waals surface area contributed by atoms with Gasteiger partial charge in [-0.3, -0.25) is 4.79 Å². The molecular formula is C25H28N4O3.